The summed E-state index contributed by atoms with van der Waals surface area (Å²) in [5, 5.41) is 10.6. The van der Waals surface area contributed by atoms with Gasteiger partial charge in [0, 0.05) is 31.2 Å². The average molecular weight is 292 g/mol. The predicted octanol–water partition coefficient (Wildman–Crippen LogP) is 2.14. The number of hydrogen-bond donors (Lipinski definition) is 1. The van der Waals surface area contributed by atoms with Crippen molar-refractivity contribution in [2.24, 2.45) is 0 Å². The topological polar surface area (TPSA) is 35.9 Å². The van der Waals surface area contributed by atoms with Gasteiger partial charge in [-0.3, -0.25) is 0 Å². The summed E-state index contributed by atoms with van der Waals surface area (Å²) in [5.74, 6) is 0.818. The van der Waals surface area contributed by atoms with E-state index >= 15 is 0 Å². The lowest BCUT2D eigenvalue weighted by molar-refractivity contribution is 0.0623. The molecule has 1 saturated heterocycles. The maximum Gasteiger partial charge on any atom is 0.125 e. The molecule has 0 spiro atoms. The Labute approximate surface area is 128 Å². The van der Waals surface area contributed by atoms with Gasteiger partial charge >= 0.3 is 0 Å². The molecule has 1 N–H and O–H groups in total. The fourth-order valence-electron chi connectivity index (χ4n) is 2.84. The zero-order valence-electron chi connectivity index (χ0n) is 13.5. The summed E-state index contributed by atoms with van der Waals surface area (Å²) in [6, 6.07) is 8.24. The van der Waals surface area contributed by atoms with Crippen molar-refractivity contribution in [3.8, 4) is 5.75 Å². The number of piperazine rings is 1. The molecule has 118 valence electrons. The fraction of sp³-hybridized carbons (Fsp3) is 0.647. The van der Waals surface area contributed by atoms with Crippen LogP contribution in [0, 0.1) is 0 Å². The molecule has 0 radical (unpaired) electrons. The van der Waals surface area contributed by atoms with Gasteiger partial charge in [-0.15, -0.1) is 0 Å². The van der Waals surface area contributed by atoms with E-state index < -0.39 is 6.10 Å². The highest BCUT2D eigenvalue weighted by molar-refractivity contribution is 5.35. The first-order valence-corrected chi connectivity index (χ1v) is 7.90. The average Bonchev–Trinajstić information content (AvgIpc) is 2.49. The quantitative estimate of drug-likeness (QED) is 0.871. The Balaban J connectivity index is 2.03. The number of rotatable bonds is 6. The minimum absolute atomic E-state index is 0.387. The Morgan fingerprint density at radius 2 is 2.05 bits per heavy atom. The predicted molar refractivity (Wildman–Crippen MR) is 85.7 cm³/mol. The highest BCUT2D eigenvalue weighted by Crippen LogP contribution is 2.29. The lowest BCUT2D eigenvalue weighted by Gasteiger charge is -2.38. The van der Waals surface area contributed by atoms with Gasteiger partial charge in [-0.2, -0.15) is 0 Å². The maximum absolute atomic E-state index is 10.6. The molecule has 4 heteroatoms. The molecule has 1 aromatic rings. The van der Waals surface area contributed by atoms with Crippen LogP contribution in [0.25, 0.3) is 0 Å². The van der Waals surface area contributed by atoms with Gasteiger partial charge < -0.3 is 19.6 Å². The Morgan fingerprint density at radius 1 is 1.29 bits per heavy atom. The highest BCUT2D eigenvalue weighted by atomic mass is 16.5. The molecule has 0 aromatic heterocycles. The van der Waals surface area contributed by atoms with E-state index in [9.17, 15) is 5.11 Å². The summed E-state index contributed by atoms with van der Waals surface area (Å²) in [7, 11) is 4.29. The minimum Gasteiger partial charge on any atom is -0.493 e. The van der Waals surface area contributed by atoms with Crippen LogP contribution in [0.4, 0.5) is 0 Å². The lowest BCUT2D eigenvalue weighted by Crippen LogP contribution is -2.50. The number of para-hydroxylation sites is 1. The van der Waals surface area contributed by atoms with Crippen LogP contribution < -0.4 is 4.74 Å². The molecule has 0 amide bonds. The molecule has 2 unspecified atom stereocenters. The summed E-state index contributed by atoms with van der Waals surface area (Å²) in [4.78, 5) is 4.68. The molecular weight excluding hydrogens is 264 g/mol. The molecule has 0 bridgehead atoms. The number of ether oxygens (including phenoxy) is 1. The molecule has 2 rings (SSSR count). The number of likely N-dealkylation sites (N-methyl/N-ethyl adjacent to an activating group) is 2. The van der Waals surface area contributed by atoms with Crippen LogP contribution in [0.2, 0.25) is 0 Å². The van der Waals surface area contributed by atoms with Gasteiger partial charge in [-0.05, 0) is 33.0 Å². The third-order valence-corrected chi connectivity index (χ3v) is 4.22. The van der Waals surface area contributed by atoms with Crippen molar-refractivity contribution in [2.45, 2.75) is 31.9 Å². The van der Waals surface area contributed by atoms with Crippen molar-refractivity contribution in [1.82, 2.24) is 9.80 Å². The van der Waals surface area contributed by atoms with Gasteiger partial charge in [0.1, 0.15) is 5.75 Å². The third kappa shape index (κ3) is 4.43. The number of nitrogens with zero attached hydrogens (tertiary/aromatic N) is 2. The Hall–Kier alpha value is -1.10. The van der Waals surface area contributed by atoms with Crippen molar-refractivity contribution in [3.63, 3.8) is 0 Å². The number of hydrogen-bond acceptors (Lipinski definition) is 4. The second-order valence-corrected chi connectivity index (χ2v) is 6.03. The molecule has 4 nitrogen and oxygen atoms in total. The van der Waals surface area contributed by atoms with Gasteiger partial charge in [-0.25, -0.2) is 0 Å². The normalized spacial score (nSPS) is 22.2. The van der Waals surface area contributed by atoms with E-state index in [-0.39, 0.29) is 0 Å². The molecule has 21 heavy (non-hydrogen) atoms. The first kappa shape index (κ1) is 16.3. The molecule has 1 heterocycles. The molecule has 1 aliphatic rings. The summed E-state index contributed by atoms with van der Waals surface area (Å²) in [5.41, 5.74) is 0.910. The SMILES string of the molecule is CCCOc1ccccc1C(O)CC1CN(C)CCN1C. The van der Waals surface area contributed by atoms with E-state index in [0.717, 1.165) is 43.8 Å². The third-order valence-electron chi connectivity index (χ3n) is 4.22. The summed E-state index contributed by atoms with van der Waals surface area (Å²) in [6.07, 6.45) is 1.24. The van der Waals surface area contributed by atoms with E-state index in [0.29, 0.717) is 12.6 Å². The molecular formula is C17H28N2O2. The number of benzene rings is 1. The van der Waals surface area contributed by atoms with Crippen LogP contribution in [0.15, 0.2) is 24.3 Å². The lowest BCUT2D eigenvalue weighted by atomic mass is 9.99. The van der Waals surface area contributed by atoms with Crippen LogP contribution in [-0.2, 0) is 0 Å². The van der Waals surface area contributed by atoms with E-state index in [1.807, 2.05) is 24.3 Å². The molecule has 1 fully saturated rings. The Bertz CT molecular complexity index is 439. The monoisotopic (exact) mass is 292 g/mol. The zero-order valence-corrected chi connectivity index (χ0v) is 13.5. The van der Waals surface area contributed by atoms with Crippen LogP contribution >= 0.6 is 0 Å². The standard InChI is InChI=1S/C17H28N2O2/c1-4-11-21-17-8-6-5-7-15(17)16(20)12-14-13-18(2)9-10-19(14)3/h5-8,14,16,20H,4,9-13H2,1-3H3. The Kier molecular flexibility index (Phi) is 6.03. The minimum atomic E-state index is -0.475. The second-order valence-electron chi connectivity index (χ2n) is 6.03. The fourth-order valence-corrected chi connectivity index (χ4v) is 2.84. The first-order valence-electron chi connectivity index (χ1n) is 7.90. The second kappa shape index (κ2) is 7.78. The molecule has 0 saturated carbocycles. The van der Waals surface area contributed by atoms with Crippen LogP contribution in [0.5, 0.6) is 5.75 Å². The van der Waals surface area contributed by atoms with E-state index in [2.05, 4.69) is 30.8 Å². The van der Waals surface area contributed by atoms with Gasteiger partial charge in [-0.1, -0.05) is 25.1 Å². The van der Waals surface area contributed by atoms with Crippen LogP contribution in [-0.4, -0.2) is 61.3 Å². The zero-order chi connectivity index (χ0) is 15.2. The van der Waals surface area contributed by atoms with E-state index in [1.165, 1.54) is 0 Å². The number of aliphatic hydroxyl groups is 1. The van der Waals surface area contributed by atoms with Crippen molar-refractivity contribution in [2.75, 3.05) is 40.3 Å². The van der Waals surface area contributed by atoms with Gasteiger partial charge in [0.15, 0.2) is 0 Å². The van der Waals surface area contributed by atoms with Crippen molar-refractivity contribution < 1.29 is 9.84 Å². The largest absolute Gasteiger partial charge is 0.493 e. The summed E-state index contributed by atoms with van der Waals surface area (Å²) >= 11 is 0. The smallest absolute Gasteiger partial charge is 0.125 e. The van der Waals surface area contributed by atoms with Crippen molar-refractivity contribution in [3.05, 3.63) is 29.8 Å². The van der Waals surface area contributed by atoms with Gasteiger partial charge in [0.25, 0.3) is 0 Å². The van der Waals surface area contributed by atoms with Crippen molar-refractivity contribution in [1.29, 1.82) is 0 Å². The molecule has 0 aliphatic carbocycles. The molecule has 1 aromatic carbocycles. The van der Waals surface area contributed by atoms with E-state index in [1.54, 1.807) is 0 Å². The molecule has 1 aliphatic heterocycles. The summed E-state index contributed by atoms with van der Waals surface area (Å²) in [6.45, 7) is 5.94. The Morgan fingerprint density at radius 3 is 2.81 bits per heavy atom. The number of aliphatic hydroxyl groups excluding tert-OH is 1. The van der Waals surface area contributed by atoms with Gasteiger partial charge in [0.2, 0.25) is 0 Å². The first-order chi connectivity index (χ1) is 10.1. The highest BCUT2D eigenvalue weighted by Gasteiger charge is 2.26. The van der Waals surface area contributed by atoms with Crippen LogP contribution in [0.3, 0.4) is 0 Å². The van der Waals surface area contributed by atoms with Gasteiger partial charge in [0.05, 0.1) is 12.7 Å². The summed E-state index contributed by atoms with van der Waals surface area (Å²) < 4.78 is 5.76. The molecule has 2 atom stereocenters. The van der Waals surface area contributed by atoms with E-state index in [4.69, 9.17) is 4.74 Å². The maximum atomic E-state index is 10.6. The van der Waals surface area contributed by atoms with Crippen LogP contribution in [0.1, 0.15) is 31.4 Å². The van der Waals surface area contributed by atoms with Crippen molar-refractivity contribution >= 4 is 0 Å².